The average Bonchev–Trinajstić information content (AvgIpc) is 3.00. The van der Waals surface area contributed by atoms with Crippen molar-refractivity contribution in [2.45, 2.75) is 45.6 Å². The predicted octanol–water partition coefficient (Wildman–Crippen LogP) is 7.01. The number of fused-ring (bicyclic) bond motifs is 1. The number of carbonyl (C=O) groups is 1. The number of ether oxygens (including phenoxy) is 1. The van der Waals surface area contributed by atoms with Crippen LogP contribution in [0.2, 0.25) is 0 Å². The Labute approximate surface area is 202 Å². The molecule has 3 aromatic rings. The van der Waals surface area contributed by atoms with Crippen LogP contribution < -0.4 is 15.4 Å². The molecule has 0 aromatic heterocycles. The number of carbonyl (C=O) groups excluding carboxylic acids is 1. The summed E-state index contributed by atoms with van der Waals surface area (Å²) in [5.74, 6) is 1.70. The van der Waals surface area contributed by atoms with Gasteiger partial charge in [0.25, 0.3) is 0 Å². The van der Waals surface area contributed by atoms with Gasteiger partial charge in [-0.1, -0.05) is 67.9 Å². The van der Waals surface area contributed by atoms with E-state index in [0.717, 1.165) is 40.4 Å². The van der Waals surface area contributed by atoms with Gasteiger partial charge in [-0.2, -0.15) is 0 Å². The SMILES string of the molecule is Cc1ccc(C2CC(=O)C3=C(C2)Nc2ccccc2NC3c2ccc(OCC(C)C)cc2)cc1. The van der Waals surface area contributed by atoms with E-state index < -0.39 is 0 Å². The number of benzene rings is 3. The molecule has 1 heterocycles. The molecular formula is C30H32N2O2. The van der Waals surface area contributed by atoms with E-state index in [9.17, 15) is 4.79 Å². The van der Waals surface area contributed by atoms with E-state index in [1.807, 2.05) is 24.3 Å². The van der Waals surface area contributed by atoms with Gasteiger partial charge in [-0.05, 0) is 60.6 Å². The van der Waals surface area contributed by atoms with Crippen LogP contribution in [-0.2, 0) is 4.79 Å². The van der Waals surface area contributed by atoms with Crippen molar-refractivity contribution in [3.63, 3.8) is 0 Å². The van der Waals surface area contributed by atoms with Crippen molar-refractivity contribution < 1.29 is 9.53 Å². The van der Waals surface area contributed by atoms with Crippen molar-refractivity contribution >= 4 is 17.2 Å². The van der Waals surface area contributed by atoms with Crippen molar-refractivity contribution in [2.24, 2.45) is 5.92 Å². The van der Waals surface area contributed by atoms with Crippen molar-refractivity contribution in [3.05, 3.63) is 101 Å². The number of allylic oxidation sites excluding steroid dienone is 1. The van der Waals surface area contributed by atoms with Gasteiger partial charge in [0.2, 0.25) is 0 Å². The Morgan fingerprint density at radius 2 is 1.56 bits per heavy atom. The lowest BCUT2D eigenvalue weighted by Crippen LogP contribution is -2.26. The van der Waals surface area contributed by atoms with Gasteiger partial charge in [-0.25, -0.2) is 0 Å². The molecule has 0 fully saturated rings. The lowest BCUT2D eigenvalue weighted by molar-refractivity contribution is -0.116. The van der Waals surface area contributed by atoms with E-state index in [2.05, 4.69) is 79.9 Å². The maximum absolute atomic E-state index is 13.6. The van der Waals surface area contributed by atoms with Crippen LogP contribution in [0.25, 0.3) is 0 Å². The first-order valence-corrected chi connectivity index (χ1v) is 12.2. The summed E-state index contributed by atoms with van der Waals surface area (Å²) in [6, 6.07) is 24.7. The van der Waals surface area contributed by atoms with E-state index in [-0.39, 0.29) is 17.7 Å². The molecule has 0 bridgehead atoms. The van der Waals surface area contributed by atoms with Gasteiger partial charge in [0.1, 0.15) is 5.75 Å². The van der Waals surface area contributed by atoms with Crippen LogP contribution in [0, 0.1) is 12.8 Å². The maximum atomic E-state index is 13.6. The summed E-state index contributed by atoms with van der Waals surface area (Å²) in [5.41, 5.74) is 7.39. The molecule has 5 rings (SSSR count). The Bertz CT molecular complexity index is 1210. The number of para-hydroxylation sites is 2. The average molecular weight is 453 g/mol. The summed E-state index contributed by atoms with van der Waals surface area (Å²) < 4.78 is 5.88. The minimum Gasteiger partial charge on any atom is -0.493 e. The number of hydrogen-bond acceptors (Lipinski definition) is 4. The molecule has 2 aliphatic rings. The Kier molecular flexibility index (Phi) is 6.14. The first-order valence-electron chi connectivity index (χ1n) is 12.2. The highest BCUT2D eigenvalue weighted by Crippen LogP contribution is 2.44. The maximum Gasteiger partial charge on any atom is 0.163 e. The minimum atomic E-state index is -0.211. The molecule has 34 heavy (non-hydrogen) atoms. The molecule has 3 aromatic carbocycles. The largest absolute Gasteiger partial charge is 0.493 e. The van der Waals surface area contributed by atoms with Crippen LogP contribution in [0.1, 0.15) is 55.3 Å². The molecule has 1 aliphatic heterocycles. The quantitative estimate of drug-likeness (QED) is 0.437. The predicted molar refractivity (Wildman–Crippen MR) is 138 cm³/mol. The summed E-state index contributed by atoms with van der Waals surface area (Å²) >= 11 is 0. The second-order valence-electron chi connectivity index (χ2n) is 9.85. The number of ketones is 1. The van der Waals surface area contributed by atoms with Crippen LogP contribution in [-0.4, -0.2) is 12.4 Å². The van der Waals surface area contributed by atoms with E-state index in [1.165, 1.54) is 11.1 Å². The Hall–Kier alpha value is -3.53. The lowest BCUT2D eigenvalue weighted by Gasteiger charge is -2.30. The fraction of sp³-hybridized carbons (Fsp3) is 0.300. The molecule has 1 aliphatic carbocycles. The van der Waals surface area contributed by atoms with Crippen LogP contribution in [0.5, 0.6) is 5.75 Å². The minimum absolute atomic E-state index is 0.178. The first kappa shape index (κ1) is 22.3. The topological polar surface area (TPSA) is 50.4 Å². The normalized spacial score (nSPS) is 19.6. The van der Waals surface area contributed by atoms with Gasteiger partial charge in [-0.3, -0.25) is 4.79 Å². The molecule has 4 nitrogen and oxygen atoms in total. The highest BCUT2D eigenvalue weighted by Gasteiger charge is 2.36. The fourth-order valence-corrected chi connectivity index (χ4v) is 4.84. The number of nitrogens with one attached hydrogen (secondary N) is 2. The third-order valence-electron chi connectivity index (χ3n) is 6.65. The highest BCUT2D eigenvalue weighted by atomic mass is 16.5. The van der Waals surface area contributed by atoms with Crippen molar-refractivity contribution in [1.82, 2.24) is 0 Å². The smallest absolute Gasteiger partial charge is 0.163 e. The zero-order valence-corrected chi connectivity index (χ0v) is 20.1. The number of aryl methyl sites for hydroxylation is 1. The van der Waals surface area contributed by atoms with Gasteiger partial charge in [0.05, 0.1) is 24.0 Å². The highest BCUT2D eigenvalue weighted by molar-refractivity contribution is 6.01. The molecule has 0 spiro atoms. The summed E-state index contributed by atoms with van der Waals surface area (Å²) in [4.78, 5) is 13.6. The Morgan fingerprint density at radius 1 is 0.882 bits per heavy atom. The zero-order chi connectivity index (χ0) is 23.7. The van der Waals surface area contributed by atoms with Crippen LogP contribution in [0.3, 0.4) is 0 Å². The van der Waals surface area contributed by atoms with Gasteiger partial charge in [-0.15, -0.1) is 0 Å². The lowest BCUT2D eigenvalue weighted by atomic mass is 9.78. The van der Waals surface area contributed by atoms with Crippen molar-refractivity contribution in [3.8, 4) is 5.75 Å². The van der Waals surface area contributed by atoms with Crippen molar-refractivity contribution in [2.75, 3.05) is 17.2 Å². The summed E-state index contributed by atoms with van der Waals surface area (Å²) in [6.45, 7) is 7.06. The molecule has 4 heteroatoms. The molecule has 174 valence electrons. The molecule has 0 saturated heterocycles. The molecule has 0 radical (unpaired) electrons. The molecule has 0 amide bonds. The second-order valence-corrected chi connectivity index (χ2v) is 9.85. The second kappa shape index (κ2) is 9.38. The summed E-state index contributed by atoms with van der Waals surface area (Å²) in [7, 11) is 0. The molecule has 2 atom stereocenters. The Morgan fingerprint density at radius 3 is 2.26 bits per heavy atom. The van der Waals surface area contributed by atoms with Crippen molar-refractivity contribution in [1.29, 1.82) is 0 Å². The van der Waals surface area contributed by atoms with Crippen LogP contribution in [0.15, 0.2) is 84.1 Å². The summed E-state index contributed by atoms with van der Waals surface area (Å²) in [6.07, 6.45) is 1.33. The molecule has 0 saturated carbocycles. The monoisotopic (exact) mass is 452 g/mol. The Balaban J connectivity index is 1.51. The molecular weight excluding hydrogens is 420 g/mol. The zero-order valence-electron chi connectivity index (χ0n) is 20.1. The van der Waals surface area contributed by atoms with Gasteiger partial charge < -0.3 is 15.4 Å². The van der Waals surface area contributed by atoms with Gasteiger partial charge in [0, 0.05) is 17.7 Å². The molecule has 2 unspecified atom stereocenters. The van der Waals surface area contributed by atoms with Gasteiger partial charge in [0.15, 0.2) is 5.78 Å². The van der Waals surface area contributed by atoms with E-state index >= 15 is 0 Å². The van der Waals surface area contributed by atoms with Crippen LogP contribution >= 0.6 is 0 Å². The van der Waals surface area contributed by atoms with E-state index in [4.69, 9.17) is 4.74 Å². The summed E-state index contributed by atoms with van der Waals surface area (Å²) in [5, 5.41) is 7.27. The molecule has 2 N–H and O–H groups in total. The van der Waals surface area contributed by atoms with Crippen LogP contribution in [0.4, 0.5) is 11.4 Å². The number of Topliss-reactive ketones (excluding diaryl/α,β-unsaturated/α-hetero) is 1. The number of anilines is 2. The van der Waals surface area contributed by atoms with E-state index in [1.54, 1.807) is 0 Å². The first-order chi connectivity index (χ1) is 16.5. The number of rotatable bonds is 5. The fourth-order valence-electron chi connectivity index (χ4n) is 4.84. The third kappa shape index (κ3) is 4.58. The van der Waals surface area contributed by atoms with E-state index in [0.29, 0.717) is 18.9 Å². The standard InChI is InChI=1S/C30H32N2O2/c1-19(2)18-34-24-14-12-22(13-15-24)30-29-27(31-25-6-4-5-7-26(25)32-30)16-23(17-28(29)33)21-10-8-20(3)9-11-21/h4-15,19,23,30-32H,16-18H2,1-3H3. The van der Waals surface area contributed by atoms with Gasteiger partial charge >= 0.3 is 0 Å². The third-order valence-corrected chi connectivity index (χ3v) is 6.65. The number of hydrogen-bond donors (Lipinski definition) is 2.